The lowest BCUT2D eigenvalue weighted by Crippen LogP contribution is -2.38. The summed E-state index contributed by atoms with van der Waals surface area (Å²) in [6.07, 6.45) is 0. The van der Waals surface area contributed by atoms with Crippen LogP contribution in [0.5, 0.6) is 5.75 Å². The minimum absolute atomic E-state index is 0.0782. The smallest absolute Gasteiger partial charge is 0.264 e. The first kappa shape index (κ1) is 23.3. The molecule has 0 aliphatic rings. The van der Waals surface area contributed by atoms with Gasteiger partial charge in [0.15, 0.2) is 0 Å². The zero-order valence-corrected chi connectivity index (χ0v) is 19.9. The van der Waals surface area contributed by atoms with Gasteiger partial charge in [-0.25, -0.2) is 8.42 Å². The summed E-state index contributed by atoms with van der Waals surface area (Å²) in [6, 6.07) is 26.6. The molecular weight excluding hydrogens is 448 g/mol. The average molecular weight is 475 g/mol. The predicted molar refractivity (Wildman–Crippen MR) is 136 cm³/mol. The van der Waals surface area contributed by atoms with Crippen LogP contribution in [0.3, 0.4) is 0 Å². The first-order chi connectivity index (χ1) is 16.4. The Labute approximate surface area is 199 Å². The molecule has 4 aromatic rings. The van der Waals surface area contributed by atoms with E-state index in [1.54, 1.807) is 30.3 Å². The molecule has 0 spiro atoms. The van der Waals surface area contributed by atoms with E-state index >= 15 is 0 Å². The first-order valence-corrected chi connectivity index (χ1v) is 12.4. The molecule has 0 fully saturated rings. The van der Waals surface area contributed by atoms with E-state index in [1.165, 1.54) is 12.1 Å². The van der Waals surface area contributed by atoms with E-state index in [9.17, 15) is 13.2 Å². The summed E-state index contributed by atoms with van der Waals surface area (Å²) in [5.74, 6) is 0.142. The van der Waals surface area contributed by atoms with E-state index in [1.807, 2.05) is 62.4 Å². The maximum atomic E-state index is 13.6. The summed E-state index contributed by atoms with van der Waals surface area (Å²) >= 11 is 0. The highest BCUT2D eigenvalue weighted by atomic mass is 32.2. The highest BCUT2D eigenvalue weighted by molar-refractivity contribution is 7.92. The van der Waals surface area contributed by atoms with E-state index in [-0.39, 0.29) is 11.4 Å². The van der Waals surface area contributed by atoms with Crippen LogP contribution < -0.4 is 14.4 Å². The van der Waals surface area contributed by atoms with Crippen LogP contribution in [0.4, 0.5) is 11.4 Å². The first-order valence-electron chi connectivity index (χ1n) is 11.0. The molecule has 7 heteroatoms. The lowest BCUT2D eigenvalue weighted by molar-refractivity contribution is -0.114. The molecule has 6 nitrogen and oxygen atoms in total. The van der Waals surface area contributed by atoms with Crippen LogP contribution in [0.2, 0.25) is 0 Å². The number of hydrogen-bond acceptors (Lipinski definition) is 4. The van der Waals surface area contributed by atoms with Crippen LogP contribution in [0, 0.1) is 6.92 Å². The number of sulfonamides is 1. The zero-order valence-electron chi connectivity index (χ0n) is 19.1. The molecule has 0 unspecified atom stereocenters. The van der Waals surface area contributed by atoms with E-state index in [0.717, 1.165) is 20.6 Å². The Morgan fingerprint density at radius 2 is 1.56 bits per heavy atom. The summed E-state index contributed by atoms with van der Waals surface area (Å²) in [5, 5.41) is 4.75. The van der Waals surface area contributed by atoms with Crippen molar-refractivity contribution in [2.24, 2.45) is 0 Å². The number of carbonyl (C=O) groups is 1. The predicted octanol–water partition coefficient (Wildman–Crippen LogP) is 5.38. The van der Waals surface area contributed by atoms with Crippen LogP contribution in [-0.2, 0) is 14.8 Å². The molecule has 1 amide bonds. The Bertz CT molecular complexity index is 1390. The molecular formula is C27H26N2O4S. The van der Waals surface area contributed by atoms with E-state index in [2.05, 4.69) is 5.32 Å². The number of carbonyl (C=O) groups excluding carboxylic acids is 1. The fraction of sp³-hybridized carbons (Fsp3) is 0.148. The molecule has 0 aromatic heterocycles. The van der Waals surface area contributed by atoms with E-state index < -0.39 is 15.9 Å². The van der Waals surface area contributed by atoms with Crippen molar-refractivity contribution in [2.75, 3.05) is 22.8 Å². The number of nitrogens with one attached hydrogen (secondary N) is 1. The number of nitrogens with zero attached hydrogens (tertiary/aromatic N) is 1. The van der Waals surface area contributed by atoms with Gasteiger partial charge in [0.05, 0.1) is 17.2 Å². The number of rotatable bonds is 8. The van der Waals surface area contributed by atoms with E-state index in [0.29, 0.717) is 23.7 Å². The molecule has 0 aliphatic heterocycles. The van der Waals surface area contributed by atoms with Gasteiger partial charge in [-0.1, -0.05) is 54.1 Å². The van der Waals surface area contributed by atoms with Crippen molar-refractivity contribution in [1.82, 2.24) is 0 Å². The third-order valence-electron chi connectivity index (χ3n) is 5.40. The maximum Gasteiger partial charge on any atom is 0.264 e. The minimum atomic E-state index is -4.01. The second-order valence-electron chi connectivity index (χ2n) is 7.83. The SMILES string of the molecule is CCOc1ccc(S(=O)(=O)N(CC(=O)Nc2cccc3ccccc23)c2ccc(C)cc2)cc1. The number of anilines is 2. The van der Waals surface area contributed by atoms with Crippen molar-refractivity contribution < 1.29 is 17.9 Å². The fourth-order valence-corrected chi connectivity index (χ4v) is 5.10. The van der Waals surface area contributed by atoms with E-state index in [4.69, 9.17) is 4.74 Å². The summed E-state index contributed by atoms with van der Waals surface area (Å²) < 4.78 is 33.7. The van der Waals surface area contributed by atoms with Gasteiger partial charge in [-0.15, -0.1) is 0 Å². The van der Waals surface area contributed by atoms with Gasteiger partial charge >= 0.3 is 0 Å². The Kier molecular flexibility index (Phi) is 6.84. The number of benzene rings is 4. The number of aryl methyl sites for hydroxylation is 1. The normalized spacial score (nSPS) is 11.2. The Morgan fingerprint density at radius 3 is 2.26 bits per heavy atom. The summed E-state index contributed by atoms with van der Waals surface area (Å²) in [6.45, 7) is 3.89. The molecule has 0 saturated heterocycles. The van der Waals surface area contributed by atoms with Gasteiger partial charge in [0.2, 0.25) is 5.91 Å². The second-order valence-corrected chi connectivity index (χ2v) is 9.69. The highest BCUT2D eigenvalue weighted by Crippen LogP contribution is 2.27. The molecule has 0 saturated carbocycles. The maximum absolute atomic E-state index is 13.6. The third-order valence-corrected chi connectivity index (χ3v) is 7.18. The molecule has 0 bridgehead atoms. The second kappa shape index (κ2) is 9.97. The van der Waals surface area contributed by atoms with Gasteiger partial charge in [-0.3, -0.25) is 9.10 Å². The molecule has 1 N–H and O–H groups in total. The molecule has 4 rings (SSSR count). The number of hydrogen-bond donors (Lipinski definition) is 1. The van der Waals surface area contributed by atoms with Crippen molar-refractivity contribution in [3.63, 3.8) is 0 Å². The molecule has 0 heterocycles. The fourth-order valence-electron chi connectivity index (χ4n) is 3.68. The van der Waals surface area contributed by atoms with Crippen LogP contribution >= 0.6 is 0 Å². The molecule has 174 valence electrons. The van der Waals surface area contributed by atoms with Crippen molar-refractivity contribution >= 4 is 38.1 Å². The van der Waals surface area contributed by atoms with Gasteiger partial charge in [0.1, 0.15) is 12.3 Å². The van der Waals surface area contributed by atoms with Crippen molar-refractivity contribution in [2.45, 2.75) is 18.7 Å². The highest BCUT2D eigenvalue weighted by Gasteiger charge is 2.27. The molecule has 0 atom stereocenters. The quantitative estimate of drug-likeness (QED) is 0.372. The summed E-state index contributed by atoms with van der Waals surface area (Å²) in [5.41, 5.74) is 2.03. The van der Waals surface area contributed by atoms with Crippen LogP contribution in [0.1, 0.15) is 12.5 Å². The molecule has 34 heavy (non-hydrogen) atoms. The van der Waals surface area contributed by atoms with Gasteiger partial charge in [0, 0.05) is 11.1 Å². The van der Waals surface area contributed by atoms with Crippen LogP contribution in [0.25, 0.3) is 10.8 Å². The average Bonchev–Trinajstić information content (AvgIpc) is 2.84. The monoisotopic (exact) mass is 474 g/mol. The number of ether oxygens (including phenoxy) is 1. The third kappa shape index (κ3) is 5.05. The Balaban J connectivity index is 1.66. The van der Waals surface area contributed by atoms with Crippen LogP contribution in [0.15, 0.2) is 95.9 Å². The number of amides is 1. The summed E-state index contributed by atoms with van der Waals surface area (Å²) in [7, 11) is -4.01. The summed E-state index contributed by atoms with van der Waals surface area (Å²) in [4.78, 5) is 13.2. The molecule has 0 radical (unpaired) electrons. The van der Waals surface area contributed by atoms with Crippen molar-refractivity contribution in [1.29, 1.82) is 0 Å². The molecule has 4 aromatic carbocycles. The lowest BCUT2D eigenvalue weighted by atomic mass is 10.1. The van der Waals surface area contributed by atoms with Crippen LogP contribution in [-0.4, -0.2) is 27.5 Å². The Morgan fingerprint density at radius 1 is 0.882 bits per heavy atom. The lowest BCUT2D eigenvalue weighted by Gasteiger charge is -2.24. The van der Waals surface area contributed by atoms with Gasteiger partial charge in [-0.2, -0.15) is 0 Å². The number of fused-ring (bicyclic) bond motifs is 1. The van der Waals surface area contributed by atoms with Crippen molar-refractivity contribution in [3.8, 4) is 5.75 Å². The molecule has 0 aliphatic carbocycles. The largest absolute Gasteiger partial charge is 0.494 e. The topological polar surface area (TPSA) is 75.7 Å². The van der Waals surface area contributed by atoms with Gasteiger partial charge < -0.3 is 10.1 Å². The standard InChI is InChI=1S/C27H26N2O4S/c1-3-33-23-15-17-24(18-16-23)34(31,32)29(22-13-11-20(2)12-14-22)19-27(30)28-26-10-6-8-21-7-4-5-9-25(21)26/h4-18H,3,19H2,1-2H3,(H,28,30). The zero-order chi connectivity index (χ0) is 24.1. The Hall–Kier alpha value is -3.84. The van der Waals surface area contributed by atoms with Gasteiger partial charge in [-0.05, 0) is 61.7 Å². The van der Waals surface area contributed by atoms with Crippen molar-refractivity contribution in [3.05, 3.63) is 96.6 Å². The van der Waals surface area contributed by atoms with Gasteiger partial charge in [0.25, 0.3) is 10.0 Å². The minimum Gasteiger partial charge on any atom is -0.494 e.